The van der Waals surface area contributed by atoms with Crippen LogP contribution in [0.25, 0.3) is 21.2 Å². The lowest BCUT2D eigenvalue weighted by molar-refractivity contribution is -0.117. The van der Waals surface area contributed by atoms with Gasteiger partial charge in [-0.3, -0.25) is 14.5 Å². The first-order valence-corrected chi connectivity index (χ1v) is 13.3. The minimum atomic E-state index is -0.953. The van der Waals surface area contributed by atoms with E-state index in [1.165, 1.54) is 23.3 Å². The predicted molar refractivity (Wildman–Crippen MR) is 153 cm³/mol. The van der Waals surface area contributed by atoms with Gasteiger partial charge in [-0.15, -0.1) is 0 Å². The Morgan fingerprint density at radius 2 is 1.98 bits per heavy atom. The van der Waals surface area contributed by atoms with E-state index in [-0.39, 0.29) is 11.3 Å². The van der Waals surface area contributed by atoms with Gasteiger partial charge in [-0.05, 0) is 54.4 Å². The van der Waals surface area contributed by atoms with Crippen molar-refractivity contribution < 1.29 is 28.6 Å². The van der Waals surface area contributed by atoms with Crippen LogP contribution in [0.15, 0.2) is 95.1 Å². The lowest BCUT2D eigenvalue weighted by atomic mass is 9.95. The molecule has 2 aromatic heterocycles. The average Bonchev–Trinajstić information content (AvgIpc) is 3.65. The van der Waals surface area contributed by atoms with E-state index < -0.39 is 23.5 Å². The van der Waals surface area contributed by atoms with E-state index in [0.717, 1.165) is 10.3 Å². The van der Waals surface area contributed by atoms with Gasteiger partial charge in [0.25, 0.3) is 5.91 Å². The van der Waals surface area contributed by atoms with Crippen molar-refractivity contribution in [2.75, 3.05) is 18.6 Å². The van der Waals surface area contributed by atoms with E-state index in [9.17, 15) is 14.7 Å². The Hall–Kier alpha value is -4.89. The topological polar surface area (TPSA) is 102 Å². The van der Waals surface area contributed by atoms with Gasteiger partial charge in [0.05, 0.1) is 28.9 Å². The summed E-state index contributed by atoms with van der Waals surface area (Å²) in [6.07, 6.45) is 1.64. The second kappa shape index (κ2) is 10.0. The molecule has 0 bridgehead atoms. The number of para-hydroxylation sites is 1. The fourth-order valence-corrected chi connectivity index (χ4v) is 5.91. The number of furan rings is 1. The van der Waals surface area contributed by atoms with Crippen molar-refractivity contribution in [2.24, 2.45) is 0 Å². The Balaban J connectivity index is 1.48. The zero-order valence-electron chi connectivity index (χ0n) is 21.7. The molecule has 8 nitrogen and oxygen atoms in total. The van der Waals surface area contributed by atoms with Gasteiger partial charge in [0, 0.05) is 5.39 Å². The Bertz CT molecular complexity index is 1830. The number of ketones is 1. The Kier molecular flexibility index (Phi) is 6.36. The minimum Gasteiger partial charge on any atom is -0.503 e. The number of hydrogen-bond acceptors (Lipinski definition) is 8. The van der Waals surface area contributed by atoms with E-state index in [0.29, 0.717) is 45.3 Å². The molecule has 40 heavy (non-hydrogen) atoms. The van der Waals surface area contributed by atoms with Gasteiger partial charge < -0.3 is 19.0 Å². The number of aryl methyl sites for hydroxylation is 1. The van der Waals surface area contributed by atoms with Crippen LogP contribution < -0.4 is 14.4 Å². The van der Waals surface area contributed by atoms with Gasteiger partial charge in [-0.25, -0.2) is 4.98 Å². The number of benzene rings is 3. The van der Waals surface area contributed by atoms with Crippen LogP contribution in [0.1, 0.15) is 27.7 Å². The van der Waals surface area contributed by atoms with Crippen molar-refractivity contribution in [3.8, 4) is 11.5 Å². The lowest BCUT2D eigenvalue weighted by Gasteiger charge is -2.24. The molecule has 0 aliphatic carbocycles. The Morgan fingerprint density at radius 1 is 1.18 bits per heavy atom. The molecule has 1 atom stereocenters. The number of carbonyl (C=O) groups is 2. The highest BCUT2D eigenvalue weighted by Gasteiger charge is 2.46. The number of rotatable bonds is 8. The average molecular weight is 553 g/mol. The third kappa shape index (κ3) is 4.20. The molecular formula is C31H24N2O6S. The number of aliphatic hydroxyl groups is 1. The largest absolute Gasteiger partial charge is 0.503 e. The van der Waals surface area contributed by atoms with Gasteiger partial charge in [0.2, 0.25) is 5.78 Å². The lowest BCUT2D eigenvalue weighted by Crippen LogP contribution is -2.30. The van der Waals surface area contributed by atoms with E-state index in [1.807, 2.05) is 25.1 Å². The second-order valence-corrected chi connectivity index (χ2v) is 10.3. The second-order valence-electron chi connectivity index (χ2n) is 9.29. The smallest absolute Gasteiger partial charge is 0.296 e. The molecule has 0 fully saturated rings. The Morgan fingerprint density at radius 3 is 2.73 bits per heavy atom. The molecule has 1 amide bonds. The quantitative estimate of drug-likeness (QED) is 0.169. The highest BCUT2D eigenvalue weighted by molar-refractivity contribution is 7.22. The number of aromatic nitrogens is 1. The van der Waals surface area contributed by atoms with Gasteiger partial charge in [-0.2, -0.15) is 0 Å². The number of anilines is 1. The zero-order chi connectivity index (χ0) is 28.0. The van der Waals surface area contributed by atoms with Crippen molar-refractivity contribution in [1.29, 1.82) is 0 Å². The molecule has 0 spiro atoms. The molecule has 9 heteroatoms. The van der Waals surface area contributed by atoms with E-state index in [2.05, 4.69) is 11.6 Å². The molecule has 200 valence electrons. The number of hydrogen-bond donors (Lipinski definition) is 1. The summed E-state index contributed by atoms with van der Waals surface area (Å²) in [6.45, 7) is 5.97. The van der Waals surface area contributed by atoms with Crippen LogP contribution in [0.3, 0.4) is 0 Å². The van der Waals surface area contributed by atoms with Crippen molar-refractivity contribution in [3.63, 3.8) is 0 Å². The molecular weight excluding hydrogens is 528 g/mol. The van der Waals surface area contributed by atoms with Crippen LogP contribution in [0.4, 0.5) is 5.13 Å². The first kappa shape index (κ1) is 25.4. The van der Waals surface area contributed by atoms with Crippen LogP contribution >= 0.6 is 11.3 Å². The highest BCUT2D eigenvalue weighted by Crippen LogP contribution is 2.45. The molecule has 5 aromatic rings. The summed E-state index contributed by atoms with van der Waals surface area (Å²) in [5.74, 6) is -0.933. The number of nitrogens with zero attached hydrogens (tertiary/aromatic N) is 2. The molecule has 3 aromatic carbocycles. The molecule has 6 rings (SSSR count). The first-order chi connectivity index (χ1) is 19.4. The summed E-state index contributed by atoms with van der Waals surface area (Å²) < 4.78 is 17.8. The zero-order valence-corrected chi connectivity index (χ0v) is 22.5. The number of amides is 1. The predicted octanol–water partition coefficient (Wildman–Crippen LogP) is 6.71. The van der Waals surface area contributed by atoms with Crippen molar-refractivity contribution >= 4 is 49.3 Å². The standard InChI is InChI=1S/C31H24N2O6S/c1-4-14-38-20-11-9-18(10-12-20)26-25(27(34)23-16-19-6-5-7-22(37-3)29(19)39-23)28(35)30(36)33(26)31-32-21-13-8-17(2)15-24(21)40-31/h4-13,15-16,26,35H,1,14H2,2-3H3. The fraction of sp³-hybridized carbons (Fsp3) is 0.129. The molecule has 3 heterocycles. The van der Waals surface area contributed by atoms with Crippen molar-refractivity contribution in [2.45, 2.75) is 13.0 Å². The number of fused-ring (bicyclic) bond motifs is 2. The Labute approximate surface area is 233 Å². The van der Waals surface area contributed by atoms with E-state index in [4.69, 9.17) is 13.9 Å². The number of aliphatic hydroxyl groups excluding tert-OH is 1. The number of thiazole rings is 1. The van der Waals surface area contributed by atoms with Crippen LogP contribution in [-0.4, -0.2) is 35.5 Å². The van der Waals surface area contributed by atoms with Gasteiger partial charge in [0.15, 0.2) is 28.0 Å². The van der Waals surface area contributed by atoms with Crippen LogP contribution in [0.5, 0.6) is 11.5 Å². The molecule has 1 aliphatic rings. The highest BCUT2D eigenvalue weighted by atomic mass is 32.1. The summed E-state index contributed by atoms with van der Waals surface area (Å²) in [5.41, 5.74) is 2.67. The maximum absolute atomic E-state index is 14.0. The maximum Gasteiger partial charge on any atom is 0.296 e. The summed E-state index contributed by atoms with van der Waals surface area (Å²) >= 11 is 1.31. The molecule has 0 saturated carbocycles. The van der Waals surface area contributed by atoms with Gasteiger partial charge in [0.1, 0.15) is 12.4 Å². The summed E-state index contributed by atoms with van der Waals surface area (Å²) in [7, 11) is 1.51. The molecule has 1 aliphatic heterocycles. The van der Waals surface area contributed by atoms with Crippen molar-refractivity contribution in [1.82, 2.24) is 4.98 Å². The van der Waals surface area contributed by atoms with E-state index in [1.54, 1.807) is 54.6 Å². The number of carbonyl (C=O) groups excluding carboxylic acids is 2. The van der Waals surface area contributed by atoms with Crippen LogP contribution in [0, 0.1) is 6.92 Å². The molecule has 1 unspecified atom stereocenters. The first-order valence-electron chi connectivity index (χ1n) is 12.5. The normalized spacial score (nSPS) is 15.3. The molecule has 1 N–H and O–H groups in total. The summed E-state index contributed by atoms with van der Waals surface area (Å²) in [4.78, 5) is 33.6. The maximum atomic E-state index is 14.0. The number of ether oxygens (including phenoxy) is 2. The number of Topliss-reactive ketones (excluding diaryl/α,β-unsaturated/α-hetero) is 1. The third-order valence-corrected chi connectivity index (χ3v) is 7.72. The summed E-state index contributed by atoms with van der Waals surface area (Å²) in [6, 6.07) is 18.7. The third-order valence-electron chi connectivity index (χ3n) is 6.71. The molecule has 0 radical (unpaired) electrons. The van der Waals surface area contributed by atoms with Crippen LogP contribution in [-0.2, 0) is 4.79 Å². The summed E-state index contributed by atoms with van der Waals surface area (Å²) in [5, 5.41) is 12.2. The van der Waals surface area contributed by atoms with E-state index >= 15 is 0 Å². The van der Waals surface area contributed by atoms with Crippen LogP contribution in [0.2, 0.25) is 0 Å². The van der Waals surface area contributed by atoms with Crippen molar-refractivity contribution in [3.05, 3.63) is 108 Å². The minimum absolute atomic E-state index is 0.0217. The number of methoxy groups -OCH3 is 1. The molecule has 0 saturated heterocycles. The van der Waals surface area contributed by atoms with Gasteiger partial charge >= 0.3 is 0 Å². The fourth-order valence-electron chi connectivity index (χ4n) is 4.82. The SMILES string of the molecule is C=CCOc1ccc(C2C(C(=O)c3cc4cccc(OC)c4o3)=C(O)C(=O)N2c2nc3ccc(C)cc3s2)cc1. The monoisotopic (exact) mass is 552 g/mol. The van der Waals surface area contributed by atoms with Gasteiger partial charge in [-0.1, -0.05) is 54.3 Å².